The number of hydrogen-bond donors (Lipinski definition) is 2. The number of para-hydroxylation sites is 1. The van der Waals surface area contributed by atoms with Crippen molar-refractivity contribution in [1.82, 2.24) is 4.98 Å². The van der Waals surface area contributed by atoms with Gasteiger partial charge in [0.2, 0.25) is 0 Å². The van der Waals surface area contributed by atoms with Crippen LogP contribution in [0, 0.1) is 0 Å². The van der Waals surface area contributed by atoms with E-state index in [1.54, 1.807) is 18.2 Å². The van der Waals surface area contributed by atoms with Crippen LogP contribution < -0.4 is 0 Å². The molecule has 0 spiro atoms. The Hall–Kier alpha value is -3.14. The number of benzene rings is 2. The summed E-state index contributed by atoms with van der Waals surface area (Å²) in [6, 6.07) is 14.3. The third-order valence-electron chi connectivity index (χ3n) is 4.37. The molecule has 1 heterocycles. The minimum Gasteiger partial charge on any atom is -0.508 e. The lowest BCUT2D eigenvalue weighted by Crippen LogP contribution is -2.05. The van der Waals surface area contributed by atoms with Gasteiger partial charge in [0, 0.05) is 5.39 Å². The van der Waals surface area contributed by atoms with Crippen LogP contribution in [-0.4, -0.2) is 21.2 Å². The van der Waals surface area contributed by atoms with E-state index in [0.29, 0.717) is 22.9 Å². The molecular weight excluding hydrogens is 302 g/mol. The summed E-state index contributed by atoms with van der Waals surface area (Å²) < 4.78 is 0. The van der Waals surface area contributed by atoms with Gasteiger partial charge in [-0.3, -0.25) is 0 Å². The number of phenols is 1. The monoisotopic (exact) mass is 317 g/mol. The summed E-state index contributed by atoms with van der Waals surface area (Å²) >= 11 is 0. The molecule has 0 saturated heterocycles. The van der Waals surface area contributed by atoms with Crippen LogP contribution in [0.5, 0.6) is 5.75 Å². The van der Waals surface area contributed by atoms with Gasteiger partial charge in [0.15, 0.2) is 0 Å². The van der Waals surface area contributed by atoms with Crippen molar-refractivity contribution >= 4 is 28.5 Å². The molecule has 0 bridgehead atoms. The highest BCUT2D eigenvalue weighted by molar-refractivity contribution is 6.06. The Kier molecular flexibility index (Phi) is 3.31. The number of phenolic OH excluding ortho intramolecular Hbond substituents is 1. The highest BCUT2D eigenvalue weighted by Crippen LogP contribution is 2.37. The highest BCUT2D eigenvalue weighted by atomic mass is 16.4. The van der Waals surface area contributed by atoms with E-state index in [9.17, 15) is 15.0 Å². The zero-order valence-corrected chi connectivity index (χ0v) is 12.9. The molecule has 1 aliphatic rings. The largest absolute Gasteiger partial charge is 0.508 e. The number of hydrogen-bond acceptors (Lipinski definition) is 3. The molecule has 0 atom stereocenters. The van der Waals surface area contributed by atoms with Gasteiger partial charge < -0.3 is 10.2 Å². The van der Waals surface area contributed by atoms with Crippen LogP contribution >= 0.6 is 0 Å². The van der Waals surface area contributed by atoms with Crippen LogP contribution in [0.25, 0.3) is 22.6 Å². The molecule has 0 fully saturated rings. The lowest BCUT2D eigenvalue weighted by Gasteiger charge is -2.09. The van der Waals surface area contributed by atoms with Crippen LogP contribution in [0.15, 0.2) is 48.5 Å². The van der Waals surface area contributed by atoms with E-state index in [2.05, 4.69) is 0 Å². The average molecular weight is 317 g/mol. The lowest BCUT2D eigenvalue weighted by atomic mass is 10.0. The molecule has 2 aromatic carbocycles. The number of carboxylic acid groups (broad SMARTS) is 1. The van der Waals surface area contributed by atoms with E-state index >= 15 is 0 Å². The predicted octanol–water partition coefficient (Wildman–Crippen LogP) is 4.13. The lowest BCUT2D eigenvalue weighted by molar-refractivity contribution is 0.0698. The fraction of sp³-hybridized carbons (Fsp3) is 0.100. The summed E-state index contributed by atoms with van der Waals surface area (Å²) in [4.78, 5) is 16.5. The van der Waals surface area contributed by atoms with Crippen LogP contribution in [0.1, 0.15) is 33.6 Å². The number of carbonyl (C=O) groups is 1. The summed E-state index contributed by atoms with van der Waals surface area (Å²) in [6.45, 7) is 0. The SMILES string of the molecule is O=C(O)c1c2c(nc3ccccc13)/C(=C\c1cccc(O)c1)CC2. The van der Waals surface area contributed by atoms with Crippen LogP contribution in [0.3, 0.4) is 0 Å². The van der Waals surface area contributed by atoms with Crippen LogP contribution in [0.4, 0.5) is 0 Å². The van der Waals surface area contributed by atoms with Crippen molar-refractivity contribution in [3.63, 3.8) is 0 Å². The number of aromatic nitrogens is 1. The molecule has 3 aromatic rings. The van der Waals surface area contributed by atoms with Gasteiger partial charge in [-0.2, -0.15) is 0 Å². The summed E-state index contributed by atoms with van der Waals surface area (Å²) in [5.74, 6) is -0.705. The Bertz CT molecular complexity index is 1000. The number of aromatic carboxylic acids is 1. The van der Waals surface area contributed by atoms with Gasteiger partial charge in [-0.05, 0) is 53.8 Å². The third-order valence-corrected chi connectivity index (χ3v) is 4.37. The standard InChI is InChI=1S/C20H15NO3/c22-14-5-3-4-12(11-14)10-13-8-9-16-18(20(23)24)15-6-1-2-7-17(15)21-19(13)16/h1-7,10-11,22H,8-9H2,(H,23,24)/b13-10-. The molecule has 1 aliphatic carbocycles. The quantitative estimate of drug-likeness (QED) is 0.745. The fourth-order valence-corrected chi connectivity index (χ4v) is 3.34. The van der Waals surface area contributed by atoms with Crippen molar-refractivity contribution in [2.45, 2.75) is 12.8 Å². The average Bonchev–Trinajstić information content (AvgIpc) is 2.94. The Morgan fingerprint density at radius 1 is 1.08 bits per heavy atom. The second-order valence-corrected chi connectivity index (χ2v) is 5.90. The molecule has 0 amide bonds. The number of aromatic hydroxyl groups is 1. The molecule has 1 aromatic heterocycles. The molecule has 0 saturated carbocycles. The minimum atomic E-state index is -0.913. The Morgan fingerprint density at radius 3 is 2.71 bits per heavy atom. The molecule has 0 unspecified atom stereocenters. The number of pyridine rings is 1. The molecule has 118 valence electrons. The van der Waals surface area contributed by atoms with Crippen LogP contribution in [0.2, 0.25) is 0 Å². The molecule has 24 heavy (non-hydrogen) atoms. The maximum absolute atomic E-state index is 11.8. The summed E-state index contributed by atoms with van der Waals surface area (Å²) in [5, 5.41) is 20.0. The number of nitrogens with zero attached hydrogens (tertiary/aromatic N) is 1. The van der Waals surface area contributed by atoms with Gasteiger partial charge in [0.1, 0.15) is 5.75 Å². The van der Waals surface area contributed by atoms with Gasteiger partial charge in [0.25, 0.3) is 0 Å². The third kappa shape index (κ3) is 2.33. The number of rotatable bonds is 2. The van der Waals surface area contributed by atoms with Crippen molar-refractivity contribution in [3.8, 4) is 5.75 Å². The van der Waals surface area contributed by atoms with E-state index in [1.807, 2.05) is 36.4 Å². The summed E-state index contributed by atoms with van der Waals surface area (Å²) in [5.41, 5.74) is 4.49. The highest BCUT2D eigenvalue weighted by Gasteiger charge is 2.26. The Balaban J connectivity index is 1.94. The van der Waals surface area contributed by atoms with E-state index in [-0.39, 0.29) is 5.75 Å². The summed E-state index contributed by atoms with van der Waals surface area (Å²) in [7, 11) is 0. The first kappa shape index (κ1) is 14.5. The normalized spacial score (nSPS) is 14.9. The molecule has 4 heteroatoms. The Labute approximate surface area is 138 Å². The van der Waals surface area contributed by atoms with Crippen molar-refractivity contribution in [2.75, 3.05) is 0 Å². The first-order chi connectivity index (χ1) is 11.6. The van der Waals surface area contributed by atoms with E-state index in [4.69, 9.17) is 4.98 Å². The molecule has 0 radical (unpaired) electrons. The van der Waals surface area contributed by atoms with E-state index < -0.39 is 5.97 Å². The molecule has 4 rings (SSSR count). The zero-order chi connectivity index (χ0) is 16.7. The van der Waals surface area contributed by atoms with Crippen molar-refractivity contribution < 1.29 is 15.0 Å². The summed E-state index contributed by atoms with van der Waals surface area (Å²) in [6.07, 6.45) is 3.38. The first-order valence-electron chi connectivity index (χ1n) is 7.78. The first-order valence-corrected chi connectivity index (χ1v) is 7.78. The van der Waals surface area contributed by atoms with Gasteiger partial charge in [0.05, 0.1) is 16.8 Å². The van der Waals surface area contributed by atoms with Crippen molar-refractivity contribution in [3.05, 3.63) is 70.9 Å². The maximum atomic E-state index is 11.8. The van der Waals surface area contributed by atoms with Gasteiger partial charge in [-0.1, -0.05) is 30.3 Å². The van der Waals surface area contributed by atoms with Crippen molar-refractivity contribution in [1.29, 1.82) is 0 Å². The predicted molar refractivity (Wildman–Crippen MR) is 93.0 cm³/mol. The Morgan fingerprint density at radius 2 is 1.92 bits per heavy atom. The van der Waals surface area contributed by atoms with Crippen molar-refractivity contribution in [2.24, 2.45) is 0 Å². The zero-order valence-electron chi connectivity index (χ0n) is 12.9. The molecule has 2 N–H and O–H groups in total. The van der Waals surface area contributed by atoms with E-state index in [0.717, 1.165) is 28.8 Å². The van der Waals surface area contributed by atoms with Crippen LogP contribution in [-0.2, 0) is 6.42 Å². The second-order valence-electron chi connectivity index (χ2n) is 5.90. The van der Waals surface area contributed by atoms with Gasteiger partial charge in [-0.25, -0.2) is 9.78 Å². The number of allylic oxidation sites excluding steroid dienone is 1. The molecule has 0 aliphatic heterocycles. The van der Waals surface area contributed by atoms with Gasteiger partial charge >= 0.3 is 5.97 Å². The molecule has 4 nitrogen and oxygen atoms in total. The minimum absolute atomic E-state index is 0.209. The second kappa shape index (κ2) is 5.49. The topological polar surface area (TPSA) is 70.4 Å². The smallest absolute Gasteiger partial charge is 0.336 e. The number of fused-ring (bicyclic) bond motifs is 2. The fourth-order valence-electron chi connectivity index (χ4n) is 3.34. The maximum Gasteiger partial charge on any atom is 0.336 e. The number of carboxylic acids is 1. The van der Waals surface area contributed by atoms with Gasteiger partial charge in [-0.15, -0.1) is 0 Å². The van der Waals surface area contributed by atoms with E-state index in [1.165, 1.54) is 0 Å². The molecular formula is C20H15NO3.